The molecule has 0 aliphatic rings. The van der Waals surface area contributed by atoms with Gasteiger partial charge in [0.1, 0.15) is 0 Å². The smallest absolute Gasteiger partial charge is 0.237 e. The van der Waals surface area contributed by atoms with Crippen molar-refractivity contribution in [2.45, 2.75) is 58.9 Å². The lowest BCUT2D eigenvalue weighted by Gasteiger charge is -2.24. The van der Waals surface area contributed by atoms with E-state index in [1.807, 2.05) is 13.8 Å². The summed E-state index contributed by atoms with van der Waals surface area (Å²) in [5.41, 5.74) is 10.9. The molecule has 0 aromatic heterocycles. The zero-order chi connectivity index (χ0) is 14.8. The molecule has 4 N–H and O–H groups in total. The minimum atomic E-state index is -0.452. The Bertz CT molecular complexity index is 280. The summed E-state index contributed by atoms with van der Waals surface area (Å²) >= 11 is 0. The highest BCUT2D eigenvalue weighted by molar-refractivity contribution is 5.84. The molecule has 0 fully saturated rings. The van der Waals surface area contributed by atoms with Crippen LogP contribution in [-0.2, 0) is 9.59 Å². The van der Waals surface area contributed by atoms with E-state index >= 15 is 0 Å². The first-order chi connectivity index (χ1) is 8.88. The number of unbranched alkanes of at least 4 members (excludes halogenated alkanes) is 1. The van der Waals surface area contributed by atoms with Crippen LogP contribution in [0.5, 0.6) is 0 Å². The summed E-state index contributed by atoms with van der Waals surface area (Å²) in [6.07, 6.45) is 4.54. The first kappa shape index (κ1) is 17.9. The minimum Gasteiger partial charge on any atom is -0.368 e. The Morgan fingerprint density at radius 1 is 1.16 bits per heavy atom. The summed E-state index contributed by atoms with van der Waals surface area (Å²) in [6, 6.07) is 0.170. The molecule has 0 aliphatic carbocycles. The van der Waals surface area contributed by atoms with Crippen molar-refractivity contribution < 1.29 is 9.59 Å². The van der Waals surface area contributed by atoms with Gasteiger partial charge in [0.25, 0.3) is 0 Å². The standard InChI is InChI=1S/C14H29N3O2/c1-4-5-9-17(10-13(16)18)14(19)11(2)7-6-8-12(3)15/h11-12H,4-10,15H2,1-3H3,(H2,16,18). The third-order valence-electron chi connectivity index (χ3n) is 3.16. The summed E-state index contributed by atoms with van der Waals surface area (Å²) < 4.78 is 0. The molecule has 0 aromatic rings. The summed E-state index contributed by atoms with van der Waals surface area (Å²) in [5.74, 6) is -0.501. The van der Waals surface area contributed by atoms with Crippen molar-refractivity contribution in [3.05, 3.63) is 0 Å². The van der Waals surface area contributed by atoms with E-state index in [1.54, 1.807) is 4.90 Å². The normalized spacial score (nSPS) is 13.9. The zero-order valence-electron chi connectivity index (χ0n) is 12.5. The second kappa shape index (κ2) is 9.78. The molecule has 2 unspecified atom stereocenters. The molecule has 0 aliphatic heterocycles. The third-order valence-corrected chi connectivity index (χ3v) is 3.16. The molecule has 0 aromatic carbocycles. The summed E-state index contributed by atoms with van der Waals surface area (Å²) in [4.78, 5) is 24.8. The molecule has 0 saturated carbocycles. The van der Waals surface area contributed by atoms with Crippen molar-refractivity contribution in [1.29, 1.82) is 0 Å². The van der Waals surface area contributed by atoms with Gasteiger partial charge in [-0.1, -0.05) is 26.7 Å². The summed E-state index contributed by atoms with van der Waals surface area (Å²) in [7, 11) is 0. The van der Waals surface area contributed by atoms with Crippen molar-refractivity contribution in [3.8, 4) is 0 Å². The Morgan fingerprint density at radius 2 is 1.79 bits per heavy atom. The van der Waals surface area contributed by atoms with Crippen molar-refractivity contribution in [1.82, 2.24) is 4.90 Å². The van der Waals surface area contributed by atoms with Crippen molar-refractivity contribution in [3.63, 3.8) is 0 Å². The Hall–Kier alpha value is -1.10. The topological polar surface area (TPSA) is 89.4 Å². The molecule has 0 rings (SSSR count). The van der Waals surface area contributed by atoms with E-state index in [9.17, 15) is 9.59 Å². The van der Waals surface area contributed by atoms with E-state index in [-0.39, 0.29) is 24.4 Å². The molecule has 5 heteroatoms. The molecule has 0 spiro atoms. The Kier molecular flexibility index (Phi) is 9.21. The van der Waals surface area contributed by atoms with Crippen LogP contribution >= 0.6 is 0 Å². The van der Waals surface area contributed by atoms with E-state index in [0.29, 0.717) is 6.54 Å². The van der Waals surface area contributed by atoms with Gasteiger partial charge in [0.2, 0.25) is 11.8 Å². The predicted molar refractivity (Wildman–Crippen MR) is 77.3 cm³/mol. The van der Waals surface area contributed by atoms with Crippen LogP contribution in [0.25, 0.3) is 0 Å². The average molecular weight is 271 g/mol. The Labute approximate surface area is 116 Å². The number of primary amides is 1. The van der Waals surface area contributed by atoms with E-state index in [2.05, 4.69) is 6.92 Å². The zero-order valence-corrected chi connectivity index (χ0v) is 12.5. The highest BCUT2D eigenvalue weighted by Gasteiger charge is 2.21. The number of nitrogens with zero attached hydrogens (tertiary/aromatic N) is 1. The van der Waals surface area contributed by atoms with Crippen molar-refractivity contribution >= 4 is 11.8 Å². The van der Waals surface area contributed by atoms with E-state index in [0.717, 1.165) is 32.1 Å². The van der Waals surface area contributed by atoms with E-state index < -0.39 is 5.91 Å². The fourth-order valence-electron chi connectivity index (χ4n) is 1.99. The molecule has 2 atom stereocenters. The fourth-order valence-corrected chi connectivity index (χ4v) is 1.99. The van der Waals surface area contributed by atoms with Gasteiger partial charge in [0.05, 0.1) is 6.54 Å². The number of hydrogen-bond donors (Lipinski definition) is 2. The van der Waals surface area contributed by atoms with Gasteiger partial charge in [-0.3, -0.25) is 9.59 Å². The van der Waals surface area contributed by atoms with Crippen LogP contribution < -0.4 is 11.5 Å². The van der Waals surface area contributed by atoms with Gasteiger partial charge >= 0.3 is 0 Å². The van der Waals surface area contributed by atoms with Crippen molar-refractivity contribution in [2.75, 3.05) is 13.1 Å². The maximum atomic E-state index is 12.2. The molecule has 5 nitrogen and oxygen atoms in total. The molecule has 0 saturated heterocycles. The number of carbonyl (C=O) groups excluding carboxylic acids is 2. The number of hydrogen-bond acceptors (Lipinski definition) is 3. The summed E-state index contributed by atoms with van der Waals surface area (Å²) in [6.45, 7) is 6.56. The van der Waals surface area contributed by atoms with Gasteiger partial charge in [0, 0.05) is 18.5 Å². The first-order valence-electron chi connectivity index (χ1n) is 7.21. The lowest BCUT2D eigenvalue weighted by Crippen LogP contribution is -2.41. The van der Waals surface area contributed by atoms with Gasteiger partial charge < -0.3 is 16.4 Å². The second-order valence-corrected chi connectivity index (χ2v) is 5.39. The lowest BCUT2D eigenvalue weighted by atomic mass is 10.0. The van der Waals surface area contributed by atoms with Crippen LogP contribution in [0.15, 0.2) is 0 Å². The predicted octanol–water partition coefficient (Wildman–Crippen LogP) is 1.25. The van der Waals surface area contributed by atoms with Crippen LogP contribution in [0, 0.1) is 5.92 Å². The molecule has 0 radical (unpaired) electrons. The number of amides is 2. The van der Waals surface area contributed by atoms with Crippen LogP contribution in [-0.4, -0.2) is 35.8 Å². The van der Waals surface area contributed by atoms with Crippen molar-refractivity contribution in [2.24, 2.45) is 17.4 Å². The van der Waals surface area contributed by atoms with Gasteiger partial charge in [-0.15, -0.1) is 0 Å². The molecule has 0 bridgehead atoms. The van der Waals surface area contributed by atoms with Gasteiger partial charge in [-0.05, 0) is 26.2 Å². The fraction of sp³-hybridized carbons (Fsp3) is 0.857. The van der Waals surface area contributed by atoms with E-state index in [1.165, 1.54) is 0 Å². The van der Waals surface area contributed by atoms with Crippen LogP contribution in [0.1, 0.15) is 52.9 Å². The highest BCUT2D eigenvalue weighted by atomic mass is 16.2. The monoisotopic (exact) mass is 271 g/mol. The Balaban J connectivity index is 4.29. The molecule has 2 amide bonds. The molecular weight excluding hydrogens is 242 g/mol. The quantitative estimate of drug-likeness (QED) is 0.626. The maximum Gasteiger partial charge on any atom is 0.237 e. The van der Waals surface area contributed by atoms with Crippen LogP contribution in [0.4, 0.5) is 0 Å². The minimum absolute atomic E-state index is 0.0243. The lowest BCUT2D eigenvalue weighted by molar-refractivity contribution is -0.138. The molecule has 19 heavy (non-hydrogen) atoms. The van der Waals surface area contributed by atoms with Gasteiger partial charge in [-0.2, -0.15) is 0 Å². The summed E-state index contributed by atoms with van der Waals surface area (Å²) in [5, 5.41) is 0. The second-order valence-electron chi connectivity index (χ2n) is 5.39. The number of carbonyl (C=O) groups is 2. The first-order valence-corrected chi connectivity index (χ1v) is 7.21. The molecular formula is C14H29N3O2. The van der Waals surface area contributed by atoms with Crippen LogP contribution in [0.2, 0.25) is 0 Å². The number of rotatable bonds is 10. The SMILES string of the molecule is CCCCN(CC(N)=O)C(=O)C(C)CCCC(C)N. The third kappa shape index (κ3) is 8.59. The molecule has 112 valence electrons. The number of nitrogens with two attached hydrogens (primary N) is 2. The molecule has 0 heterocycles. The Morgan fingerprint density at radius 3 is 2.26 bits per heavy atom. The highest BCUT2D eigenvalue weighted by Crippen LogP contribution is 2.13. The largest absolute Gasteiger partial charge is 0.368 e. The maximum absolute atomic E-state index is 12.2. The van der Waals surface area contributed by atoms with Gasteiger partial charge in [0.15, 0.2) is 0 Å². The van der Waals surface area contributed by atoms with Gasteiger partial charge in [-0.25, -0.2) is 0 Å². The van der Waals surface area contributed by atoms with E-state index in [4.69, 9.17) is 11.5 Å². The van der Waals surface area contributed by atoms with Crippen LogP contribution in [0.3, 0.4) is 0 Å². The average Bonchev–Trinajstić information content (AvgIpc) is 2.32.